The van der Waals surface area contributed by atoms with Crippen molar-refractivity contribution in [2.45, 2.75) is 18.2 Å². The molecule has 2 rings (SSSR count). The van der Waals surface area contributed by atoms with Crippen LogP contribution in [0.5, 0.6) is 0 Å². The van der Waals surface area contributed by atoms with Crippen molar-refractivity contribution in [2.75, 3.05) is 0 Å². The van der Waals surface area contributed by atoms with E-state index >= 15 is 0 Å². The van der Waals surface area contributed by atoms with Gasteiger partial charge in [0.15, 0.2) is 0 Å². The molecule has 0 aliphatic heterocycles. The molecule has 17 heavy (non-hydrogen) atoms. The van der Waals surface area contributed by atoms with Crippen molar-refractivity contribution >= 4 is 54.8 Å². The number of aromatic nitrogens is 2. The van der Waals surface area contributed by atoms with Crippen LogP contribution in [-0.2, 0) is 0 Å². The summed E-state index contributed by atoms with van der Waals surface area (Å²) in [7, 11) is 0. The summed E-state index contributed by atoms with van der Waals surface area (Å²) in [5.74, 6) is 0. The molecule has 0 aliphatic rings. The molecule has 0 N–H and O–H groups in total. The monoisotopic (exact) mass is 394 g/mol. The molecule has 1 unspecified atom stereocenters. The maximum atomic E-state index is 5.99. The molecular formula is C11H9Br2ClN2S. The standard InChI is InChI=1S/C11H9Br2ClN2S/c1-2-8(12)11-16-15-10(17-11)7-5-6(14)3-4-9(7)13/h3-5,8H,2H2,1H3. The summed E-state index contributed by atoms with van der Waals surface area (Å²) in [5, 5.41) is 11.0. The smallest absolute Gasteiger partial charge is 0.142 e. The highest BCUT2D eigenvalue weighted by Crippen LogP contribution is 2.36. The number of hydrogen-bond donors (Lipinski definition) is 0. The average molecular weight is 397 g/mol. The largest absolute Gasteiger partial charge is 0.149 e. The Labute approximate surface area is 126 Å². The molecule has 6 heteroatoms. The van der Waals surface area contributed by atoms with Crippen molar-refractivity contribution in [3.8, 4) is 10.6 Å². The van der Waals surface area contributed by atoms with Crippen molar-refractivity contribution in [1.82, 2.24) is 10.2 Å². The summed E-state index contributed by atoms with van der Waals surface area (Å²) in [6, 6.07) is 5.66. The fraction of sp³-hybridized carbons (Fsp3) is 0.273. The van der Waals surface area contributed by atoms with Gasteiger partial charge in [-0.3, -0.25) is 0 Å². The zero-order valence-electron chi connectivity index (χ0n) is 8.95. The quantitative estimate of drug-likeness (QED) is 0.643. The Morgan fingerprint density at radius 2 is 2.18 bits per heavy atom. The Hall–Kier alpha value is 0.0300. The van der Waals surface area contributed by atoms with Gasteiger partial charge in [-0.25, -0.2) is 0 Å². The molecule has 0 aliphatic carbocycles. The van der Waals surface area contributed by atoms with Gasteiger partial charge in [0.1, 0.15) is 10.0 Å². The zero-order chi connectivity index (χ0) is 12.4. The summed E-state index contributed by atoms with van der Waals surface area (Å²) in [4.78, 5) is 0.270. The third kappa shape index (κ3) is 3.08. The Morgan fingerprint density at radius 1 is 1.41 bits per heavy atom. The highest BCUT2D eigenvalue weighted by molar-refractivity contribution is 9.10. The van der Waals surface area contributed by atoms with Crippen molar-refractivity contribution in [2.24, 2.45) is 0 Å². The van der Waals surface area contributed by atoms with Gasteiger partial charge >= 0.3 is 0 Å². The summed E-state index contributed by atoms with van der Waals surface area (Å²) in [6.07, 6.45) is 0.991. The van der Waals surface area contributed by atoms with Gasteiger partial charge in [0, 0.05) is 15.1 Å². The van der Waals surface area contributed by atoms with Crippen molar-refractivity contribution in [1.29, 1.82) is 0 Å². The van der Waals surface area contributed by atoms with Gasteiger partial charge in [-0.15, -0.1) is 10.2 Å². The van der Waals surface area contributed by atoms with Gasteiger partial charge in [0.05, 0.1) is 4.83 Å². The maximum Gasteiger partial charge on any atom is 0.149 e. The van der Waals surface area contributed by atoms with Gasteiger partial charge < -0.3 is 0 Å². The minimum absolute atomic E-state index is 0.270. The number of rotatable bonds is 3. The van der Waals surface area contributed by atoms with E-state index in [1.807, 2.05) is 18.2 Å². The van der Waals surface area contributed by atoms with E-state index in [0.717, 1.165) is 26.5 Å². The summed E-state index contributed by atoms with van der Waals surface area (Å²) < 4.78 is 0.979. The highest BCUT2D eigenvalue weighted by Gasteiger charge is 2.14. The molecule has 0 amide bonds. The topological polar surface area (TPSA) is 25.8 Å². The molecule has 1 heterocycles. The minimum Gasteiger partial charge on any atom is -0.142 e. The lowest BCUT2D eigenvalue weighted by molar-refractivity contribution is 0.870. The predicted molar refractivity (Wildman–Crippen MR) is 80.0 cm³/mol. The molecule has 0 radical (unpaired) electrons. The molecule has 90 valence electrons. The molecule has 0 fully saturated rings. The van der Waals surface area contributed by atoms with Gasteiger partial charge in [0.25, 0.3) is 0 Å². The van der Waals surface area contributed by atoms with Gasteiger partial charge in [-0.2, -0.15) is 0 Å². The Balaban J connectivity index is 2.40. The first-order chi connectivity index (χ1) is 8.11. The van der Waals surface area contributed by atoms with Crippen LogP contribution < -0.4 is 0 Å². The fourth-order valence-corrected chi connectivity index (χ4v) is 3.35. The molecule has 0 bridgehead atoms. The van der Waals surface area contributed by atoms with E-state index in [0.29, 0.717) is 5.02 Å². The van der Waals surface area contributed by atoms with Crippen LogP contribution in [0.25, 0.3) is 10.6 Å². The third-order valence-electron chi connectivity index (χ3n) is 2.23. The van der Waals surface area contributed by atoms with Gasteiger partial charge in [-0.05, 0) is 24.6 Å². The van der Waals surface area contributed by atoms with Crippen LogP contribution in [-0.4, -0.2) is 10.2 Å². The molecule has 1 aromatic carbocycles. The first kappa shape index (κ1) is 13.5. The van der Waals surface area contributed by atoms with Gasteiger partial charge in [0.2, 0.25) is 0 Å². The SMILES string of the molecule is CCC(Br)c1nnc(-c2cc(Cl)ccc2Br)s1. The Kier molecular flexibility index (Phi) is 4.58. The number of hydrogen-bond acceptors (Lipinski definition) is 3. The second kappa shape index (κ2) is 5.78. The van der Waals surface area contributed by atoms with Crippen molar-refractivity contribution in [3.63, 3.8) is 0 Å². The van der Waals surface area contributed by atoms with E-state index in [1.165, 1.54) is 0 Å². The van der Waals surface area contributed by atoms with Crippen LogP contribution >= 0.6 is 54.8 Å². The van der Waals surface area contributed by atoms with E-state index < -0.39 is 0 Å². The average Bonchev–Trinajstić information content (AvgIpc) is 2.80. The number of halogens is 3. The predicted octanol–water partition coefficient (Wildman–Crippen LogP) is 5.47. The Morgan fingerprint density at radius 3 is 2.88 bits per heavy atom. The molecule has 2 aromatic rings. The Bertz CT molecular complexity index is 530. The highest BCUT2D eigenvalue weighted by atomic mass is 79.9. The third-order valence-corrected chi connectivity index (χ3v) is 5.61. The minimum atomic E-state index is 0.270. The molecule has 2 nitrogen and oxygen atoms in total. The lowest BCUT2D eigenvalue weighted by atomic mass is 10.2. The first-order valence-electron chi connectivity index (χ1n) is 5.04. The van der Waals surface area contributed by atoms with Gasteiger partial charge in [-0.1, -0.05) is 61.7 Å². The summed E-state index contributed by atoms with van der Waals surface area (Å²) >= 11 is 14.6. The number of benzene rings is 1. The second-order valence-corrected chi connectivity index (χ2v) is 6.85. The summed E-state index contributed by atoms with van der Waals surface area (Å²) in [5.41, 5.74) is 0.983. The van der Waals surface area contributed by atoms with Crippen LogP contribution in [0.2, 0.25) is 5.02 Å². The van der Waals surface area contributed by atoms with Crippen LogP contribution in [0, 0.1) is 0 Å². The molecule has 0 saturated heterocycles. The maximum absolute atomic E-state index is 5.99. The van der Waals surface area contributed by atoms with Crippen LogP contribution in [0.15, 0.2) is 22.7 Å². The van der Waals surface area contributed by atoms with E-state index in [4.69, 9.17) is 11.6 Å². The van der Waals surface area contributed by atoms with E-state index in [2.05, 4.69) is 49.0 Å². The lowest BCUT2D eigenvalue weighted by Gasteiger charge is -2.00. The molecule has 0 spiro atoms. The van der Waals surface area contributed by atoms with E-state index in [-0.39, 0.29) is 4.83 Å². The zero-order valence-corrected chi connectivity index (χ0v) is 13.7. The number of alkyl halides is 1. The summed E-state index contributed by atoms with van der Waals surface area (Å²) in [6.45, 7) is 2.11. The van der Waals surface area contributed by atoms with E-state index in [9.17, 15) is 0 Å². The normalized spacial score (nSPS) is 12.7. The fourth-order valence-electron chi connectivity index (χ4n) is 1.31. The first-order valence-corrected chi connectivity index (χ1v) is 7.95. The van der Waals surface area contributed by atoms with Crippen LogP contribution in [0.3, 0.4) is 0 Å². The van der Waals surface area contributed by atoms with Crippen molar-refractivity contribution in [3.05, 3.63) is 32.7 Å². The second-order valence-electron chi connectivity index (χ2n) is 3.45. The van der Waals surface area contributed by atoms with E-state index in [1.54, 1.807) is 11.3 Å². The molecule has 0 saturated carbocycles. The van der Waals surface area contributed by atoms with Crippen LogP contribution in [0.1, 0.15) is 23.2 Å². The lowest BCUT2D eigenvalue weighted by Crippen LogP contribution is -1.85. The molecule has 1 atom stereocenters. The van der Waals surface area contributed by atoms with Crippen molar-refractivity contribution < 1.29 is 0 Å². The molecular weight excluding hydrogens is 387 g/mol. The van der Waals surface area contributed by atoms with Crippen LogP contribution in [0.4, 0.5) is 0 Å². The number of nitrogens with zero attached hydrogens (tertiary/aromatic N) is 2. The molecule has 1 aromatic heterocycles.